The number of aromatic nitrogens is 2. The van der Waals surface area contributed by atoms with Crippen LogP contribution in [-0.2, 0) is 0 Å². The summed E-state index contributed by atoms with van der Waals surface area (Å²) >= 11 is 5.68. The molecule has 0 spiro atoms. The Hall–Kier alpha value is -0.900. The third-order valence-corrected chi connectivity index (χ3v) is 3.16. The van der Waals surface area contributed by atoms with E-state index in [4.69, 9.17) is 11.6 Å². The molecule has 2 rings (SSSR count). The molecule has 0 radical (unpaired) electrons. The van der Waals surface area contributed by atoms with Gasteiger partial charge in [0.05, 0.1) is 6.20 Å². The van der Waals surface area contributed by atoms with Gasteiger partial charge in [0.15, 0.2) is 11.6 Å². The van der Waals surface area contributed by atoms with Gasteiger partial charge in [0, 0.05) is 13.1 Å². The predicted octanol–water partition coefficient (Wildman–Crippen LogP) is 2.90. The van der Waals surface area contributed by atoms with Crippen LogP contribution in [0.5, 0.6) is 0 Å². The van der Waals surface area contributed by atoms with Crippen LogP contribution >= 0.6 is 11.6 Å². The standard InChI is InChI=1S/C11H15ClFN3/c1-2-3-8-4-5-16(7-8)10-9(13)6-14-11(12)15-10/h6,8H,2-5,7H2,1H3. The third-order valence-electron chi connectivity index (χ3n) is 2.98. The van der Waals surface area contributed by atoms with Crippen molar-refractivity contribution in [2.75, 3.05) is 18.0 Å². The van der Waals surface area contributed by atoms with Gasteiger partial charge in [-0.25, -0.2) is 9.37 Å². The van der Waals surface area contributed by atoms with Crippen molar-refractivity contribution in [1.29, 1.82) is 0 Å². The van der Waals surface area contributed by atoms with E-state index < -0.39 is 0 Å². The van der Waals surface area contributed by atoms with E-state index in [-0.39, 0.29) is 11.1 Å². The van der Waals surface area contributed by atoms with Gasteiger partial charge in [0.2, 0.25) is 5.28 Å². The van der Waals surface area contributed by atoms with E-state index in [1.54, 1.807) is 0 Å². The van der Waals surface area contributed by atoms with E-state index >= 15 is 0 Å². The van der Waals surface area contributed by atoms with Gasteiger partial charge in [-0.15, -0.1) is 0 Å². The molecule has 1 aromatic heterocycles. The van der Waals surface area contributed by atoms with Crippen LogP contribution in [0, 0.1) is 11.7 Å². The predicted molar refractivity (Wildman–Crippen MR) is 62.2 cm³/mol. The summed E-state index contributed by atoms with van der Waals surface area (Å²) in [6, 6.07) is 0. The first-order valence-corrected chi connectivity index (χ1v) is 6.01. The first-order valence-electron chi connectivity index (χ1n) is 5.63. The summed E-state index contributed by atoms with van der Waals surface area (Å²) in [6.45, 7) is 3.90. The Kier molecular flexibility index (Phi) is 3.59. The molecule has 1 aliphatic rings. The topological polar surface area (TPSA) is 29.0 Å². The first-order chi connectivity index (χ1) is 7.70. The van der Waals surface area contributed by atoms with Crippen molar-refractivity contribution >= 4 is 17.4 Å². The van der Waals surface area contributed by atoms with E-state index in [0.29, 0.717) is 11.7 Å². The van der Waals surface area contributed by atoms with Crippen LogP contribution < -0.4 is 4.90 Å². The zero-order valence-corrected chi connectivity index (χ0v) is 10.0. The summed E-state index contributed by atoms with van der Waals surface area (Å²) in [6.07, 6.45) is 4.61. The first kappa shape index (κ1) is 11.6. The quantitative estimate of drug-likeness (QED) is 0.765. The van der Waals surface area contributed by atoms with Crippen LogP contribution in [0.2, 0.25) is 5.28 Å². The van der Waals surface area contributed by atoms with Crippen molar-refractivity contribution in [1.82, 2.24) is 9.97 Å². The van der Waals surface area contributed by atoms with E-state index in [0.717, 1.165) is 25.7 Å². The molecule has 5 heteroatoms. The number of anilines is 1. The maximum Gasteiger partial charge on any atom is 0.224 e. The molecule has 1 fully saturated rings. The second-order valence-corrected chi connectivity index (χ2v) is 4.54. The van der Waals surface area contributed by atoms with Crippen LogP contribution in [0.15, 0.2) is 6.20 Å². The van der Waals surface area contributed by atoms with Crippen molar-refractivity contribution in [2.24, 2.45) is 5.92 Å². The SMILES string of the molecule is CCCC1CCN(c2nc(Cl)ncc2F)C1. The van der Waals surface area contributed by atoms with Gasteiger partial charge in [-0.2, -0.15) is 4.98 Å². The maximum atomic E-state index is 13.5. The normalized spacial score (nSPS) is 20.4. The van der Waals surface area contributed by atoms with Gasteiger partial charge in [-0.3, -0.25) is 0 Å². The number of halogens is 2. The fraction of sp³-hybridized carbons (Fsp3) is 0.636. The molecule has 0 amide bonds. The summed E-state index contributed by atoms with van der Waals surface area (Å²) in [5.74, 6) is 0.610. The molecule has 1 saturated heterocycles. The molecule has 2 heterocycles. The zero-order valence-electron chi connectivity index (χ0n) is 9.29. The summed E-state index contributed by atoms with van der Waals surface area (Å²) in [4.78, 5) is 9.53. The van der Waals surface area contributed by atoms with E-state index in [2.05, 4.69) is 16.9 Å². The highest BCUT2D eigenvalue weighted by molar-refractivity contribution is 6.28. The number of rotatable bonds is 3. The van der Waals surface area contributed by atoms with Crippen LogP contribution in [-0.4, -0.2) is 23.1 Å². The molecule has 0 aromatic carbocycles. The molecule has 0 saturated carbocycles. The second kappa shape index (κ2) is 4.95. The smallest absolute Gasteiger partial charge is 0.224 e. The van der Waals surface area contributed by atoms with Crippen molar-refractivity contribution in [2.45, 2.75) is 26.2 Å². The van der Waals surface area contributed by atoms with E-state index in [9.17, 15) is 4.39 Å². The Morgan fingerprint density at radius 3 is 3.19 bits per heavy atom. The van der Waals surface area contributed by atoms with Gasteiger partial charge in [0.1, 0.15) is 0 Å². The minimum Gasteiger partial charge on any atom is -0.354 e. The van der Waals surface area contributed by atoms with Crippen molar-refractivity contribution in [3.8, 4) is 0 Å². The van der Waals surface area contributed by atoms with Gasteiger partial charge in [-0.05, 0) is 30.4 Å². The van der Waals surface area contributed by atoms with E-state index in [1.807, 2.05) is 4.90 Å². The summed E-state index contributed by atoms with van der Waals surface area (Å²) < 4.78 is 13.5. The van der Waals surface area contributed by atoms with Gasteiger partial charge in [0.25, 0.3) is 0 Å². The minimum atomic E-state index is -0.387. The molecule has 3 nitrogen and oxygen atoms in total. The Morgan fingerprint density at radius 2 is 2.44 bits per heavy atom. The van der Waals surface area contributed by atoms with Crippen LogP contribution in [0.1, 0.15) is 26.2 Å². The molecule has 0 N–H and O–H groups in total. The highest BCUT2D eigenvalue weighted by Gasteiger charge is 2.25. The lowest BCUT2D eigenvalue weighted by molar-refractivity contribution is 0.528. The largest absolute Gasteiger partial charge is 0.354 e. The fourth-order valence-corrected chi connectivity index (χ4v) is 2.36. The lowest BCUT2D eigenvalue weighted by Crippen LogP contribution is -2.22. The molecule has 1 atom stereocenters. The molecular weight excluding hydrogens is 229 g/mol. The summed E-state index contributed by atoms with van der Waals surface area (Å²) in [5, 5.41) is 0.107. The lowest BCUT2D eigenvalue weighted by Gasteiger charge is -2.17. The number of nitrogens with zero attached hydrogens (tertiary/aromatic N) is 3. The Morgan fingerprint density at radius 1 is 1.62 bits per heavy atom. The van der Waals surface area contributed by atoms with Crippen molar-refractivity contribution in [3.05, 3.63) is 17.3 Å². The fourth-order valence-electron chi connectivity index (χ4n) is 2.23. The highest BCUT2D eigenvalue weighted by atomic mass is 35.5. The summed E-state index contributed by atoms with van der Waals surface area (Å²) in [5.41, 5.74) is 0. The Bertz CT molecular complexity index is 372. The molecule has 1 aliphatic heterocycles. The lowest BCUT2D eigenvalue weighted by atomic mass is 10.0. The highest BCUT2D eigenvalue weighted by Crippen LogP contribution is 2.27. The average molecular weight is 244 g/mol. The second-order valence-electron chi connectivity index (χ2n) is 4.20. The van der Waals surface area contributed by atoms with E-state index in [1.165, 1.54) is 12.8 Å². The maximum absolute atomic E-state index is 13.5. The molecular formula is C11H15ClFN3. The van der Waals surface area contributed by atoms with Crippen LogP contribution in [0.3, 0.4) is 0 Å². The van der Waals surface area contributed by atoms with Crippen LogP contribution in [0.4, 0.5) is 10.2 Å². The minimum absolute atomic E-state index is 0.107. The summed E-state index contributed by atoms with van der Waals surface area (Å²) in [7, 11) is 0. The monoisotopic (exact) mass is 243 g/mol. The molecule has 0 bridgehead atoms. The van der Waals surface area contributed by atoms with Crippen molar-refractivity contribution < 1.29 is 4.39 Å². The Labute approximate surface area is 99.6 Å². The van der Waals surface area contributed by atoms with Gasteiger partial charge >= 0.3 is 0 Å². The van der Waals surface area contributed by atoms with Crippen molar-refractivity contribution in [3.63, 3.8) is 0 Å². The zero-order chi connectivity index (χ0) is 11.5. The molecule has 1 unspecified atom stereocenters. The average Bonchev–Trinajstić information content (AvgIpc) is 2.71. The number of hydrogen-bond donors (Lipinski definition) is 0. The molecule has 1 aromatic rings. The molecule has 0 aliphatic carbocycles. The number of hydrogen-bond acceptors (Lipinski definition) is 3. The van der Waals surface area contributed by atoms with Gasteiger partial charge < -0.3 is 4.90 Å². The third kappa shape index (κ3) is 2.43. The molecule has 16 heavy (non-hydrogen) atoms. The van der Waals surface area contributed by atoms with Gasteiger partial charge in [-0.1, -0.05) is 13.3 Å². The van der Waals surface area contributed by atoms with Crippen LogP contribution in [0.25, 0.3) is 0 Å². The molecule has 88 valence electrons. The Balaban J connectivity index is 2.11.